The second-order valence-corrected chi connectivity index (χ2v) is 2.93. The molecule has 0 saturated heterocycles. The van der Waals surface area contributed by atoms with Gasteiger partial charge in [-0.2, -0.15) is 0 Å². The Hall–Kier alpha value is -0.0800. The molecule has 0 spiro atoms. The van der Waals surface area contributed by atoms with E-state index in [4.69, 9.17) is 0 Å². The zero-order valence-electron chi connectivity index (χ0n) is 5.98. The molecular weight excluding hydrogens is 114 g/mol. The number of aliphatic hydroxyl groups is 1. The standard InChI is InChI=1S/C7H15NO/c1-8-6-5-7(9)3-2-4-7/h8-9H,2-6H2,1H3. The summed E-state index contributed by atoms with van der Waals surface area (Å²) in [6.07, 6.45) is 4.15. The Morgan fingerprint density at radius 1 is 1.56 bits per heavy atom. The number of rotatable bonds is 3. The van der Waals surface area contributed by atoms with Crippen molar-refractivity contribution in [3.8, 4) is 0 Å². The maximum atomic E-state index is 9.50. The van der Waals surface area contributed by atoms with E-state index in [1.54, 1.807) is 0 Å². The first-order chi connectivity index (χ1) is 4.27. The predicted octanol–water partition coefficient (Wildman–Crippen LogP) is 0.511. The molecule has 0 bridgehead atoms. The van der Waals surface area contributed by atoms with Gasteiger partial charge in [0, 0.05) is 0 Å². The lowest BCUT2D eigenvalue weighted by molar-refractivity contribution is -0.0391. The van der Waals surface area contributed by atoms with E-state index in [9.17, 15) is 5.11 Å². The molecule has 0 aromatic rings. The van der Waals surface area contributed by atoms with Crippen molar-refractivity contribution in [3.05, 3.63) is 0 Å². The average Bonchev–Trinajstić information content (AvgIpc) is 1.79. The Morgan fingerprint density at radius 2 is 2.22 bits per heavy atom. The van der Waals surface area contributed by atoms with Crippen molar-refractivity contribution in [2.24, 2.45) is 0 Å². The van der Waals surface area contributed by atoms with Crippen LogP contribution in [-0.4, -0.2) is 24.3 Å². The molecule has 2 heteroatoms. The molecule has 0 aliphatic heterocycles. The highest BCUT2D eigenvalue weighted by molar-refractivity contribution is 4.87. The molecule has 1 rings (SSSR count). The number of hydrogen-bond donors (Lipinski definition) is 2. The molecule has 1 aliphatic carbocycles. The highest BCUT2D eigenvalue weighted by atomic mass is 16.3. The van der Waals surface area contributed by atoms with Crippen LogP contribution in [0.15, 0.2) is 0 Å². The lowest BCUT2D eigenvalue weighted by Gasteiger charge is -2.36. The Bertz CT molecular complexity index is 88.9. The molecule has 1 aliphatic rings. The molecule has 0 aromatic carbocycles. The first-order valence-corrected chi connectivity index (χ1v) is 3.64. The summed E-state index contributed by atoms with van der Waals surface area (Å²) in [5.74, 6) is 0. The lowest BCUT2D eigenvalue weighted by atomic mass is 9.78. The summed E-state index contributed by atoms with van der Waals surface area (Å²) >= 11 is 0. The van der Waals surface area contributed by atoms with Gasteiger partial charge in [-0.05, 0) is 39.3 Å². The second-order valence-electron chi connectivity index (χ2n) is 2.93. The van der Waals surface area contributed by atoms with Crippen molar-refractivity contribution < 1.29 is 5.11 Å². The highest BCUT2D eigenvalue weighted by Gasteiger charge is 2.33. The van der Waals surface area contributed by atoms with Gasteiger partial charge in [0.05, 0.1) is 5.60 Å². The fourth-order valence-corrected chi connectivity index (χ4v) is 1.19. The average molecular weight is 129 g/mol. The third-order valence-electron chi connectivity index (χ3n) is 2.12. The lowest BCUT2D eigenvalue weighted by Crippen LogP contribution is -2.39. The molecule has 0 unspecified atom stereocenters. The van der Waals surface area contributed by atoms with E-state index in [0.29, 0.717) is 0 Å². The molecule has 0 aromatic heterocycles. The van der Waals surface area contributed by atoms with Gasteiger partial charge in [0.1, 0.15) is 0 Å². The van der Waals surface area contributed by atoms with E-state index in [1.807, 2.05) is 7.05 Å². The number of hydrogen-bond acceptors (Lipinski definition) is 2. The summed E-state index contributed by atoms with van der Waals surface area (Å²) in [5, 5.41) is 12.5. The molecule has 0 amide bonds. The molecule has 1 fully saturated rings. The molecule has 0 radical (unpaired) electrons. The van der Waals surface area contributed by atoms with Gasteiger partial charge in [0.15, 0.2) is 0 Å². The number of nitrogens with one attached hydrogen (secondary N) is 1. The fourth-order valence-electron chi connectivity index (χ4n) is 1.19. The highest BCUT2D eigenvalue weighted by Crippen LogP contribution is 2.33. The van der Waals surface area contributed by atoms with Gasteiger partial charge < -0.3 is 10.4 Å². The van der Waals surface area contributed by atoms with E-state index in [0.717, 1.165) is 25.8 Å². The van der Waals surface area contributed by atoms with E-state index in [-0.39, 0.29) is 5.60 Å². The van der Waals surface area contributed by atoms with Crippen LogP contribution in [0.4, 0.5) is 0 Å². The summed E-state index contributed by atoms with van der Waals surface area (Å²) in [6.45, 7) is 0.941. The van der Waals surface area contributed by atoms with Gasteiger partial charge in [-0.15, -0.1) is 0 Å². The minimum atomic E-state index is -0.289. The van der Waals surface area contributed by atoms with Crippen LogP contribution >= 0.6 is 0 Å². The van der Waals surface area contributed by atoms with E-state index in [1.165, 1.54) is 6.42 Å². The van der Waals surface area contributed by atoms with E-state index in [2.05, 4.69) is 5.32 Å². The first-order valence-electron chi connectivity index (χ1n) is 3.64. The van der Waals surface area contributed by atoms with Crippen molar-refractivity contribution in [2.45, 2.75) is 31.3 Å². The minimum Gasteiger partial charge on any atom is -0.390 e. The zero-order valence-corrected chi connectivity index (χ0v) is 5.98. The third kappa shape index (κ3) is 1.66. The molecule has 1 saturated carbocycles. The second kappa shape index (κ2) is 2.67. The first kappa shape index (κ1) is 7.03. The molecule has 54 valence electrons. The van der Waals surface area contributed by atoms with Crippen molar-refractivity contribution >= 4 is 0 Å². The summed E-state index contributed by atoms with van der Waals surface area (Å²) in [7, 11) is 1.92. The van der Waals surface area contributed by atoms with E-state index >= 15 is 0 Å². The van der Waals surface area contributed by atoms with Crippen LogP contribution in [0.2, 0.25) is 0 Å². The summed E-state index contributed by atoms with van der Waals surface area (Å²) in [4.78, 5) is 0. The Balaban J connectivity index is 2.09. The molecule has 2 N–H and O–H groups in total. The van der Waals surface area contributed by atoms with Crippen molar-refractivity contribution in [1.82, 2.24) is 5.32 Å². The Labute approximate surface area is 56.3 Å². The van der Waals surface area contributed by atoms with Crippen LogP contribution in [0.25, 0.3) is 0 Å². The quantitative estimate of drug-likeness (QED) is 0.582. The van der Waals surface area contributed by atoms with Crippen LogP contribution in [0.1, 0.15) is 25.7 Å². The monoisotopic (exact) mass is 129 g/mol. The van der Waals surface area contributed by atoms with Crippen molar-refractivity contribution in [3.63, 3.8) is 0 Å². The van der Waals surface area contributed by atoms with Gasteiger partial charge in [0.2, 0.25) is 0 Å². The van der Waals surface area contributed by atoms with Gasteiger partial charge >= 0.3 is 0 Å². The van der Waals surface area contributed by atoms with Gasteiger partial charge in [-0.25, -0.2) is 0 Å². The largest absolute Gasteiger partial charge is 0.390 e. The molecule has 0 atom stereocenters. The SMILES string of the molecule is CNCCC1(O)CCC1. The van der Waals surface area contributed by atoms with Crippen LogP contribution in [0.5, 0.6) is 0 Å². The third-order valence-corrected chi connectivity index (χ3v) is 2.12. The van der Waals surface area contributed by atoms with Gasteiger partial charge in [0.25, 0.3) is 0 Å². The molecule has 2 nitrogen and oxygen atoms in total. The van der Waals surface area contributed by atoms with Crippen molar-refractivity contribution in [2.75, 3.05) is 13.6 Å². The Kier molecular flexibility index (Phi) is 2.09. The molecular formula is C7H15NO. The minimum absolute atomic E-state index is 0.289. The molecule has 9 heavy (non-hydrogen) atoms. The van der Waals surface area contributed by atoms with Gasteiger partial charge in [-0.1, -0.05) is 0 Å². The van der Waals surface area contributed by atoms with Crippen LogP contribution in [0, 0.1) is 0 Å². The fraction of sp³-hybridized carbons (Fsp3) is 1.00. The Morgan fingerprint density at radius 3 is 2.56 bits per heavy atom. The van der Waals surface area contributed by atoms with Crippen molar-refractivity contribution in [1.29, 1.82) is 0 Å². The summed E-state index contributed by atoms with van der Waals surface area (Å²) in [6, 6.07) is 0. The van der Waals surface area contributed by atoms with Crippen LogP contribution in [-0.2, 0) is 0 Å². The maximum Gasteiger partial charge on any atom is 0.0660 e. The maximum absolute atomic E-state index is 9.50. The predicted molar refractivity (Wildman–Crippen MR) is 37.3 cm³/mol. The summed E-state index contributed by atoms with van der Waals surface area (Å²) < 4.78 is 0. The van der Waals surface area contributed by atoms with Gasteiger partial charge in [-0.3, -0.25) is 0 Å². The van der Waals surface area contributed by atoms with E-state index < -0.39 is 0 Å². The smallest absolute Gasteiger partial charge is 0.0660 e. The normalized spacial score (nSPS) is 23.3. The molecule has 0 heterocycles. The zero-order chi connectivity index (χ0) is 6.74. The topological polar surface area (TPSA) is 32.3 Å². The summed E-state index contributed by atoms with van der Waals surface area (Å²) in [5.41, 5.74) is -0.289. The van der Waals surface area contributed by atoms with Crippen LogP contribution in [0.3, 0.4) is 0 Å². The van der Waals surface area contributed by atoms with Crippen LogP contribution < -0.4 is 5.32 Å².